The standard InChI is InChI=1S/C37H40F5NO/c1-2-3-4-5-24-6-8-25(9-7-24)26-10-12-27(13-11-26)28-14-16-30(17-15-28)37(41,42)44-31-18-19-32(36(40)22-31)29-20-34(38)33(23-43)35(39)21-29/h10-13,18-22,24-25,28,30H,2-9,14-17H2,1H3. The first-order valence-corrected chi connectivity index (χ1v) is 16.0. The van der Waals surface area contributed by atoms with Crippen molar-refractivity contribution in [3.63, 3.8) is 0 Å². The Hall–Kier alpha value is -3.40. The lowest BCUT2D eigenvalue weighted by atomic mass is 9.75. The van der Waals surface area contributed by atoms with Crippen LogP contribution >= 0.6 is 0 Å². The van der Waals surface area contributed by atoms with E-state index in [0.29, 0.717) is 18.8 Å². The van der Waals surface area contributed by atoms with E-state index in [0.717, 1.165) is 36.2 Å². The predicted molar refractivity (Wildman–Crippen MR) is 162 cm³/mol. The number of benzene rings is 3. The maximum absolute atomic E-state index is 15.2. The summed E-state index contributed by atoms with van der Waals surface area (Å²) in [6.07, 6.45) is 8.73. The molecular weight excluding hydrogens is 569 g/mol. The predicted octanol–water partition coefficient (Wildman–Crippen LogP) is 11.4. The Morgan fingerprint density at radius 2 is 1.32 bits per heavy atom. The lowest BCUT2D eigenvalue weighted by Gasteiger charge is -2.33. The zero-order valence-electron chi connectivity index (χ0n) is 25.2. The van der Waals surface area contributed by atoms with Crippen LogP contribution in [-0.2, 0) is 0 Å². The van der Waals surface area contributed by atoms with Crippen LogP contribution in [0.3, 0.4) is 0 Å². The van der Waals surface area contributed by atoms with Crippen LogP contribution in [-0.4, -0.2) is 6.11 Å². The summed E-state index contributed by atoms with van der Waals surface area (Å²) in [5.41, 5.74) is 1.47. The van der Waals surface area contributed by atoms with Crippen LogP contribution < -0.4 is 4.74 Å². The van der Waals surface area contributed by atoms with E-state index in [4.69, 9.17) is 10.00 Å². The molecule has 0 unspecified atom stereocenters. The number of ether oxygens (including phenoxy) is 1. The van der Waals surface area contributed by atoms with E-state index < -0.39 is 35.0 Å². The summed E-state index contributed by atoms with van der Waals surface area (Å²) in [4.78, 5) is 0. The van der Waals surface area contributed by atoms with Crippen LogP contribution in [0.1, 0.15) is 112 Å². The molecule has 0 N–H and O–H groups in total. The Morgan fingerprint density at radius 3 is 1.84 bits per heavy atom. The average Bonchev–Trinajstić information content (AvgIpc) is 3.01. The second-order valence-corrected chi connectivity index (χ2v) is 12.7. The Balaban J connectivity index is 1.14. The largest absolute Gasteiger partial charge is 0.432 e. The van der Waals surface area contributed by atoms with Crippen molar-refractivity contribution in [1.82, 2.24) is 0 Å². The van der Waals surface area contributed by atoms with Crippen molar-refractivity contribution in [2.24, 2.45) is 11.8 Å². The highest BCUT2D eigenvalue weighted by Crippen LogP contribution is 2.44. The molecule has 2 aliphatic rings. The number of rotatable bonds is 10. The van der Waals surface area contributed by atoms with Gasteiger partial charge >= 0.3 is 6.11 Å². The molecule has 3 aromatic carbocycles. The van der Waals surface area contributed by atoms with Gasteiger partial charge in [0.2, 0.25) is 0 Å². The van der Waals surface area contributed by atoms with Crippen molar-refractivity contribution in [2.75, 3.05) is 0 Å². The molecule has 5 rings (SSSR count). The lowest BCUT2D eigenvalue weighted by molar-refractivity contribution is -0.222. The molecule has 0 aliphatic heterocycles. The van der Waals surface area contributed by atoms with Gasteiger partial charge in [-0.15, -0.1) is 0 Å². The molecule has 0 heterocycles. The fourth-order valence-electron chi connectivity index (χ4n) is 7.14. The van der Waals surface area contributed by atoms with E-state index in [1.165, 1.54) is 68.6 Å². The van der Waals surface area contributed by atoms with Gasteiger partial charge in [-0.05, 0) is 110 Å². The second-order valence-electron chi connectivity index (χ2n) is 12.7. The minimum atomic E-state index is -3.50. The number of nitriles is 1. The first-order valence-electron chi connectivity index (χ1n) is 16.0. The molecule has 0 bridgehead atoms. The minimum absolute atomic E-state index is 0.147. The number of hydrogen-bond acceptors (Lipinski definition) is 2. The molecule has 0 spiro atoms. The third kappa shape index (κ3) is 7.45. The minimum Gasteiger partial charge on any atom is -0.432 e. The molecule has 0 amide bonds. The summed E-state index contributed by atoms with van der Waals surface area (Å²) in [7, 11) is 0. The molecular formula is C37H40F5NO. The molecule has 0 aromatic heterocycles. The second kappa shape index (κ2) is 14.1. The van der Waals surface area contributed by atoms with Crippen LogP contribution in [0, 0.1) is 40.6 Å². The van der Waals surface area contributed by atoms with Gasteiger partial charge in [0.1, 0.15) is 34.8 Å². The van der Waals surface area contributed by atoms with Crippen LogP contribution in [0.5, 0.6) is 5.75 Å². The highest BCUT2D eigenvalue weighted by Gasteiger charge is 2.44. The molecule has 2 saturated carbocycles. The first kappa shape index (κ1) is 32.0. The van der Waals surface area contributed by atoms with Crippen LogP contribution in [0.25, 0.3) is 11.1 Å². The number of nitrogens with zero attached hydrogens (tertiary/aromatic N) is 1. The van der Waals surface area contributed by atoms with Crippen molar-refractivity contribution in [2.45, 2.75) is 102 Å². The smallest absolute Gasteiger partial charge is 0.400 e. The molecule has 3 aromatic rings. The molecule has 44 heavy (non-hydrogen) atoms. The number of hydrogen-bond donors (Lipinski definition) is 0. The summed E-state index contributed by atoms with van der Waals surface area (Å²) in [5.74, 6) is -2.88. The van der Waals surface area contributed by atoms with Crippen LogP contribution in [0.4, 0.5) is 22.0 Å². The number of unbranched alkanes of at least 4 members (excludes halogenated alkanes) is 2. The van der Waals surface area contributed by atoms with Crippen molar-refractivity contribution in [1.29, 1.82) is 5.26 Å². The molecule has 0 atom stereocenters. The summed E-state index contributed by atoms with van der Waals surface area (Å²) in [6, 6.07) is 15.0. The molecule has 234 valence electrons. The van der Waals surface area contributed by atoms with Crippen molar-refractivity contribution < 1.29 is 26.7 Å². The van der Waals surface area contributed by atoms with Gasteiger partial charge in [-0.2, -0.15) is 14.0 Å². The number of halogens is 5. The van der Waals surface area contributed by atoms with E-state index >= 15 is 8.78 Å². The van der Waals surface area contributed by atoms with Gasteiger partial charge < -0.3 is 4.74 Å². The van der Waals surface area contributed by atoms with Crippen LogP contribution in [0.2, 0.25) is 0 Å². The van der Waals surface area contributed by atoms with Gasteiger partial charge in [0.25, 0.3) is 0 Å². The fraction of sp³-hybridized carbons (Fsp3) is 0.486. The zero-order valence-corrected chi connectivity index (χ0v) is 25.2. The van der Waals surface area contributed by atoms with Gasteiger partial charge in [0.15, 0.2) is 0 Å². The molecule has 2 aliphatic carbocycles. The normalized spacial score (nSPS) is 22.4. The molecule has 2 fully saturated rings. The molecule has 7 heteroatoms. The van der Waals surface area contributed by atoms with E-state index in [1.807, 2.05) is 0 Å². The maximum Gasteiger partial charge on any atom is 0.400 e. The summed E-state index contributed by atoms with van der Waals surface area (Å²) in [5, 5.41) is 8.83. The van der Waals surface area contributed by atoms with Gasteiger partial charge in [-0.25, -0.2) is 13.2 Å². The topological polar surface area (TPSA) is 33.0 Å². The molecule has 0 saturated heterocycles. The zero-order chi connectivity index (χ0) is 31.3. The monoisotopic (exact) mass is 609 g/mol. The van der Waals surface area contributed by atoms with E-state index in [1.54, 1.807) is 0 Å². The fourth-order valence-corrected chi connectivity index (χ4v) is 7.14. The Morgan fingerprint density at radius 1 is 0.750 bits per heavy atom. The summed E-state index contributed by atoms with van der Waals surface area (Å²) in [6.45, 7) is 2.25. The highest BCUT2D eigenvalue weighted by atomic mass is 19.3. The third-order valence-corrected chi connectivity index (χ3v) is 9.80. The van der Waals surface area contributed by atoms with Crippen molar-refractivity contribution in [3.8, 4) is 22.9 Å². The Labute approximate surface area is 257 Å². The quantitative estimate of drug-likeness (QED) is 0.169. The maximum atomic E-state index is 15.2. The van der Waals surface area contributed by atoms with E-state index in [9.17, 15) is 13.2 Å². The third-order valence-electron chi connectivity index (χ3n) is 9.80. The first-order chi connectivity index (χ1) is 21.2. The van der Waals surface area contributed by atoms with Crippen molar-refractivity contribution >= 4 is 0 Å². The lowest BCUT2D eigenvalue weighted by Crippen LogP contribution is -2.37. The van der Waals surface area contributed by atoms with Gasteiger partial charge in [-0.3, -0.25) is 0 Å². The average molecular weight is 610 g/mol. The van der Waals surface area contributed by atoms with E-state index in [2.05, 4.69) is 31.2 Å². The van der Waals surface area contributed by atoms with Gasteiger partial charge in [0, 0.05) is 11.6 Å². The van der Waals surface area contributed by atoms with Crippen LogP contribution in [0.15, 0.2) is 54.6 Å². The molecule has 0 radical (unpaired) electrons. The van der Waals surface area contributed by atoms with Crippen molar-refractivity contribution in [3.05, 3.63) is 88.7 Å². The Kier molecular flexibility index (Phi) is 10.3. The highest BCUT2D eigenvalue weighted by molar-refractivity contribution is 5.66. The summed E-state index contributed by atoms with van der Waals surface area (Å²) >= 11 is 0. The molecule has 2 nitrogen and oxygen atoms in total. The van der Waals surface area contributed by atoms with E-state index in [-0.39, 0.29) is 35.6 Å². The SMILES string of the molecule is CCCCCC1CCC(c2ccc(C3CCC(C(F)(F)Oc4ccc(-c5cc(F)c(C#N)c(F)c5)c(F)c4)CC3)cc2)CC1. The van der Waals surface area contributed by atoms with Gasteiger partial charge in [0.05, 0.1) is 5.92 Å². The Bertz CT molecular complexity index is 1420. The number of alkyl halides is 2. The van der Waals surface area contributed by atoms with Gasteiger partial charge in [-0.1, -0.05) is 56.9 Å². The summed E-state index contributed by atoms with van der Waals surface area (Å²) < 4.78 is 78.2.